The van der Waals surface area contributed by atoms with E-state index in [1.54, 1.807) is 36.0 Å². The number of hydrogen-bond acceptors (Lipinski definition) is 15. The maximum Gasteiger partial charge on any atom is 0.335 e. The summed E-state index contributed by atoms with van der Waals surface area (Å²) in [5.41, 5.74) is 3.59. The van der Waals surface area contributed by atoms with E-state index in [2.05, 4.69) is 5.32 Å². The van der Waals surface area contributed by atoms with Crippen molar-refractivity contribution in [2.45, 2.75) is 108 Å². The van der Waals surface area contributed by atoms with E-state index in [9.17, 15) is 34.2 Å². The molecule has 2 aliphatic heterocycles. The van der Waals surface area contributed by atoms with Crippen LogP contribution in [0.3, 0.4) is 0 Å². The molecular weight excluding hydrogens is 807 g/mol. The fourth-order valence-electron chi connectivity index (χ4n) is 6.64. The molecule has 0 aliphatic carbocycles. The lowest BCUT2D eigenvalue weighted by atomic mass is 9.92. The minimum atomic E-state index is -1.29. The molecule has 0 aromatic heterocycles. The van der Waals surface area contributed by atoms with Crippen LogP contribution < -0.4 is 5.32 Å². The number of ether oxygens (including phenoxy) is 7. The summed E-state index contributed by atoms with van der Waals surface area (Å²) in [4.78, 5) is 60.7. The zero-order chi connectivity index (χ0) is 42.6. The van der Waals surface area contributed by atoms with Gasteiger partial charge in [0.15, 0.2) is 24.6 Å². The Labute approximate surface area is 351 Å². The number of thioether (sulfide) groups is 1. The van der Waals surface area contributed by atoms with Crippen LogP contribution in [0.15, 0.2) is 77.7 Å². The Morgan fingerprint density at radius 3 is 1.88 bits per heavy atom. The second-order valence-electron chi connectivity index (χ2n) is 14.0. The van der Waals surface area contributed by atoms with Gasteiger partial charge < -0.3 is 48.7 Å². The van der Waals surface area contributed by atoms with Crippen LogP contribution in [0.25, 0.3) is 0 Å². The third-order valence-corrected chi connectivity index (χ3v) is 10.8. The molecule has 2 aliphatic rings. The number of carbonyl (C=O) groups excluding carboxylic acids is 4. The largest absolute Gasteiger partial charge is 0.478 e. The summed E-state index contributed by atoms with van der Waals surface area (Å²) < 4.78 is 40.8. The average molecular weight is 854 g/mol. The van der Waals surface area contributed by atoms with Crippen LogP contribution in [0.5, 0.6) is 0 Å². The topological polar surface area (TPSA) is 202 Å². The summed E-state index contributed by atoms with van der Waals surface area (Å²) in [7, 11) is 0. The van der Waals surface area contributed by atoms with E-state index in [0.29, 0.717) is 23.7 Å². The van der Waals surface area contributed by atoms with Crippen LogP contribution in [0.2, 0.25) is 0 Å². The molecule has 0 saturated carbocycles. The maximum absolute atomic E-state index is 12.2. The van der Waals surface area contributed by atoms with E-state index in [4.69, 9.17) is 45.4 Å². The highest BCUT2D eigenvalue weighted by Crippen LogP contribution is 2.40. The Hall–Kier alpha value is -4.91. The molecule has 0 amide bonds. The van der Waals surface area contributed by atoms with E-state index in [-0.39, 0.29) is 37.4 Å². The van der Waals surface area contributed by atoms with Crippen molar-refractivity contribution >= 4 is 58.8 Å². The van der Waals surface area contributed by atoms with Gasteiger partial charge in [-0.1, -0.05) is 60.7 Å². The first-order chi connectivity index (χ1) is 28.2. The number of esters is 4. The molecule has 316 valence electrons. The molecule has 0 bridgehead atoms. The standard InChI is InChI=1S/C42H47NO14S2/c1-23(45)51-21-36-39(53-25(3)47)40(54-26(4)48)38(52-24(2)46)35(56-36)18-37(58)43-19-27-5-11-31(12-6-27)42-55-32(22-59-33-15-13-30(14-16-33)41(49)50)17-34(57-42)29-9-7-28(20-44)8-10-29/h5-16,32,34-36,38-40,42,44H,17-22H2,1-4H3,(H,43,58)(H,49,50). The molecule has 8 unspecified atom stereocenters. The van der Waals surface area contributed by atoms with Gasteiger partial charge in [-0.3, -0.25) is 19.2 Å². The van der Waals surface area contributed by atoms with Gasteiger partial charge in [0.1, 0.15) is 18.8 Å². The lowest BCUT2D eigenvalue weighted by Gasteiger charge is -2.44. The summed E-state index contributed by atoms with van der Waals surface area (Å²) >= 11 is 7.23. The van der Waals surface area contributed by atoms with Crippen molar-refractivity contribution in [1.82, 2.24) is 5.32 Å². The van der Waals surface area contributed by atoms with Crippen LogP contribution in [0.4, 0.5) is 0 Å². The molecule has 15 nitrogen and oxygen atoms in total. The average Bonchev–Trinajstić information content (AvgIpc) is 3.20. The van der Waals surface area contributed by atoms with Crippen LogP contribution >= 0.6 is 24.0 Å². The number of carbonyl (C=O) groups is 5. The van der Waals surface area contributed by atoms with Crippen molar-refractivity contribution in [1.29, 1.82) is 0 Å². The molecule has 2 heterocycles. The number of nitrogens with one attached hydrogen (secondary N) is 1. The molecule has 59 heavy (non-hydrogen) atoms. The van der Waals surface area contributed by atoms with Crippen molar-refractivity contribution in [2.24, 2.45) is 0 Å². The van der Waals surface area contributed by atoms with Gasteiger partial charge in [-0.05, 0) is 41.0 Å². The molecule has 17 heteroatoms. The highest BCUT2D eigenvalue weighted by molar-refractivity contribution is 7.99. The van der Waals surface area contributed by atoms with Crippen LogP contribution in [0.1, 0.15) is 85.5 Å². The highest BCUT2D eigenvalue weighted by atomic mass is 32.2. The lowest BCUT2D eigenvalue weighted by molar-refractivity contribution is -0.251. The number of thiocarbonyl (C=S) groups is 1. The third kappa shape index (κ3) is 13.3. The van der Waals surface area contributed by atoms with E-state index in [1.807, 2.05) is 48.5 Å². The number of rotatable bonds is 16. The second-order valence-corrected chi connectivity index (χ2v) is 15.5. The monoisotopic (exact) mass is 853 g/mol. The molecule has 3 N–H and O–H groups in total. The van der Waals surface area contributed by atoms with E-state index >= 15 is 0 Å². The second kappa shape index (κ2) is 21.4. The first kappa shape index (κ1) is 45.2. The Kier molecular flexibility index (Phi) is 16.4. The van der Waals surface area contributed by atoms with Crippen LogP contribution in [-0.4, -0.2) is 94.0 Å². The number of aliphatic hydroxyl groups excluding tert-OH is 1. The highest BCUT2D eigenvalue weighted by Gasteiger charge is 2.52. The zero-order valence-corrected chi connectivity index (χ0v) is 34.5. The predicted molar refractivity (Wildman–Crippen MR) is 215 cm³/mol. The van der Waals surface area contributed by atoms with Gasteiger partial charge in [-0.25, -0.2) is 4.79 Å². The minimum absolute atomic E-state index is 0.0000207. The van der Waals surface area contributed by atoms with Crippen molar-refractivity contribution in [3.63, 3.8) is 0 Å². The van der Waals surface area contributed by atoms with Gasteiger partial charge in [0, 0.05) is 63.3 Å². The number of hydrogen-bond donors (Lipinski definition) is 3. The van der Waals surface area contributed by atoms with E-state index in [1.165, 1.54) is 13.8 Å². The Bertz CT molecular complexity index is 1940. The Morgan fingerprint density at radius 2 is 1.31 bits per heavy atom. The molecule has 0 radical (unpaired) electrons. The van der Waals surface area contributed by atoms with Crippen LogP contribution in [0, 0.1) is 0 Å². The lowest BCUT2D eigenvalue weighted by Crippen LogP contribution is -2.62. The molecule has 5 rings (SSSR count). The van der Waals surface area contributed by atoms with Gasteiger partial charge in [0.2, 0.25) is 0 Å². The quantitative estimate of drug-likeness (QED) is 0.0739. The molecule has 3 aromatic rings. The minimum Gasteiger partial charge on any atom is -0.478 e. The summed E-state index contributed by atoms with van der Waals surface area (Å²) in [5, 5.41) is 22.0. The van der Waals surface area contributed by atoms with Gasteiger partial charge in [0.05, 0.1) is 29.4 Å². The van der Waals surface area contributed by atoms with Crippen molar-refractivity contribution in [3.05, 3.63) is 101 Å². The molecule has 2 saturated heterocycles. The van der Waals surface area contributed by atoms with Crippen LogP contribution in [-0.2, 0) is 65.5 Å². The maximum atomic E-state index is 12.2. The Morgan fingerprint density at radius 1 is 0.729 bits per heavy atom. The van der Waals surface area contributed by atoms with Crippen molar-refractivity contribution in [3.8, 4) is 0 Å². The SMILES string of the molecule is CC(=O)OCC1OC(CC(=S)NCc2ccc(C3OC(CSc4ccc(C(=O)O)cc4)CC(c4ccc(CO)cc4)O3)cc2)C(OC(C)=O)C(OC(C)=O)C1OC(C)=O. The summed E-state index contributed by atoms with van der Waals surface area (Å²) in [6.45, 7) is 4.58. The molecule has 3 aromatic carbocycles. The first-order valence-electron chi connectivity index (χ1n) is 18.8. The van der Waals surface area contributed by atoms with Gasteiger partial charge >= 0.3 is 29.8 Å². The predicted octanol–water partition coefficient (Wildman–Crippen LogP) is 5.15. The zero-order valence-electron chi connectivity index (χ0n) is 32.9. The van der Waals surface area contributed by atoms with Crippen molar-refractivity contribution < 1.29 is 67.3 Å². The smallest absolute Gasteiger partial charge is 0.335 e. The third-order valence-electron chi connectivity index (χ3n) is 9.37. The Balaban J connectivity index is 1.26. The molecule has 0 spiro atoms. The number of aromatic carboxylic acids is 1. The van der Waals surface area contributed by atoms with Crippen molar-refractivity contribution in [2.75, 3.05) is 12.4 Å². The number of carboxylic acids is 1. The normalized spacial score (nSPS) is 23.9. The first-order valence-corrected chi connectivity index (χ1v) is 20.2. The molecule has 8 atom stereocenters. The summed E-state index contributed by atoms with van der Waals surface area (Å²) in [5.74, 6) is -3.15. The fraction of sp³-hybridized carbons (Fsp3) is 0.429. The van der Waals surface area contributed by atoms with E-state index in [0.717, 1.165) is 41.0 Å². The van der Waals surface area contributed by atoms with Gasteiger partial charge in [-0.2, -0.15) is 0 Å². The summed E-state index contributed by atoms with van der Waals surface area (Å²) in [6.07, 6.45) is -6.46. The number of benzene rings is 3. The summed E-state index contributed by atoms with van der Waals surface area (Å²) in [6, 6.07) is 21.9. The van der Waals surface area contributed by atoms with Gasteiger partial charge in [-0.15, -0.1) is 11.8 Å². The fourth-order valence-corrected chi connectivity index (χ4v) is 7.79. The number of aliphatic hydroxyl groups is 1. The molecular formula is C42H47NO14S2. The molecule has 2 fully saturated rings. The van der Waals surface area contributed by atoms with E-state index < -0.39 is 66.7 Å². The van der Waals surface area contributed by atoms with Gasteiger partial charge in [0.25, 0.3) is 0 Å². The number of carboxylic acid groups (broad SMARTS) is 1.